The van der Waals surface area contributed by atoms with Crippen molar-refractivity contribution in [1.82, 2.24) is 15.2 Å². The van der Waals surface area contributed by atoms with Crippen LogP contribution >= 0.6 is 0 Å². The number of fused-ring (bicyclic) bond motifs is 1. The molecule has 10 nitrogen and oxygen atoms in total. The van der Waals surface area contributed by atoms with Gasteiger partial charge in [-0.2, -0.15) is 0 Å². The largest absolute Gasteiger partial charge is 0.497 e. The number of nitrogens with one attached hydrogen (secondary N) is 2. The number of carboxylic acids is 1. The van der Waals surface area contributed by atoms with Crippen LogP contribution in [-0.2, 0) is 14.4 Å². The number of nitrogens with zero attached hydrogens (tertiary/aromatic N) is 2. The first-order chi connectivity index (χ1) is 23.5. The number of aryl methyl sites for hydroxylation is 1. The van der Waals surface area contributed by atoms with Crippen LogP contribution < -0.4 is 20.1 Å². The highest BCUT2D eigenvalue weighted by Crippen LogP contribution is 2.45. The number of carbonyl (C=O) groups is 3. The molecule has 1 aliphatic heterocycles. The smallest absolute Gasteiger partial charge is 0.330 e. The number of aromatic nitrogens is 1. The van der Waals surface area contributed by atoms with Gasteiger partial charge in [0.25, 0.3) is 0 Å². The number of amides is 2. The predicted molar refractivity (Wildman–Crippen MR) is 189 cm³/mol. The van der Waals surface area contributed by atoms with Crippen molar-refractivity contribution in [2.24, 2.45) is 11.8 Å². The molecule has 254 valence electrons. The highest BCUT2D eigenvalue weighted by atomic mass is 16.5. The lowest BCUT2D eigenvalue weighted by Gasteiger charge is -2.31. The number of likely N-dealkylation sites (tertiary alicyclic amines) is 1. The van der Waals surface area contributed by atoms with Gasteiger partial charge in [0, 0.05) is 41.1 Å². The molecule has 2 amide bonds. The molecular weight excluding hydrogens is 620 g/mol. The van der Waals surface area contributed by atoms with Crippen molar-refractivity contribution in [1.29, 1.82) is 0 Å². The number of hydrogen-bond donors (Lipinski definition) is 3. The Hall–Kier alpha value is -5.38. The number of anilines is 1. The molecular formula is C39H42N4O6. The standard InChI is InChI=1S/C39H42N4O6/c1-6-26-21-39(26,38(46)47)42-36(44)33-19-29(22-43(33)37(45)35(23(2)3)40-27-14-12-24(4)13-15-27)49-34-20-31(25-10-8-7-9-11-25)41-32-18-28(48-5)16-17-30(32)34/h6-18,20,23,26,29,33,35,40H,1,19,21-22H2,2-5H3,(H,42,44)(H,46,47)/t26-,29+,33-,35-,39?/m0/s1. The number of ether oxygens (including phenoxy) is 2. The topological polar surface area (TPSA) is 130 Å². The molecule has 1 saturated heterocycles. The SMILES string of the molecule is C=C[C@H]1CC1(NC(=O)[C@@H]1C[C@@H](Oc2cc(-c3ccccc3)nc3cc(OC)ccc23)CN1C(=O)[C@@H](Nc1ccc(C)cc1)C(C)C)C(=O)O. The van der Waals surface area contributed by atoms with Crippen molar-refractivity contribution in [3.63, 3.8) is 0 Å². The zero-order valence-corrected chi connectivity index (χ0v) is 28.2. The van der Waals surface area contributed by atoms with Gasteiger partial charge in [-0.15, -0.1) is 6.58 Å². The summed E-state index contributed by atoms with van der Waals surface area (Å²) in [5, 5.41) is 16.9. The van der Waals surface area contributed by atoms with E-state index in [1.54, 1.807) is 13.2 Å². The second-order valence-corrected chi connectivity index (χ2v) is 13.3. The van der Waals surface area contributed by atoms with E-state index in [0.29, 0.717) is 22.7 Å². The van der Waals surface area contributed by atoms with Gasteiger partial charge in [0.2, 0.25) is 11.8 Å². The van der Waals surface area contributed by atoms with Gasteiger partial charge in [-0.1, -0.05) is 68.0 Å². The molecule has 4 aromatic rings. The third-order valence-corrected chi connectivity index (χ3v) is 9.52. The van der Waals surface area contributed by atoms with E-state index < -0.39 is 41.5 Å². The van der Waals surface area contributed by atoms with Crippen molar-refractivity contribution in [3.05, 3.63) is 97.1 Å². The number of benzene rings is 3. The maximum absolute atomic E-state index is 14.4. The molecule has 3 aromatic carbocycles. The van der Waals surface area contributed by atoms with Gasteiger partial charge >= 0.3 is 5.97 Å². The zero-order chi connectivity index (χ0) is 34.9. The molecule has 2 aliphatic rings. The second-order valence-electron chi connectivity index (χ2n) is 13.3. The van der Waals surface area contributed by atoms with E-state index in [9.17, 15) is 19.5 Å². The van der Waals surface area contributed by atoms with Crippen LogP contribution in [0, 0.1) is 18.8 Å². The summed E-state index contributed by atoms with van der Waals surface area (Å²) in [6.07, 6.45) is 1.39. The minimum Gasteiger partial charge on any atom is -0.497 e. The van der Waals surface area contributed by atoms with E-state index in [1.807, 2.05) is 99.6 Å². The van der Waals surface area contributed by atoms with Gasteiger partial charge in [0.05, 0.1) is 24.9 Å². The summed E-state index contributed by atoms with van der Waals surface area (Å²) < 4.78 is 12.2. The van der Waals surface area contributed by atoms with E-state index >= 15 is 0 Å². The molecule has 5 atom stereocenters. The number of rotatable bonds is 12. The number of carboxylic acid groups (broad SMARTS) is 1. The molecule has 1 aliphatic carbocycles. The van der Waals surface area contributed by atoms with Gasteiger partial charge in [-0.3, -0.25) is 9.59 Å². The van der Waals surface area contributed by atoms with Crippen molar-refractivity contribution >= 4 is 34.4 Å². The summed E-state index contributed by atoms with van der Waals surface area (Å²) >= 11 is 0. The fourth-order valence-electron chi connectivity index (χ4n) is 6.55. The van der Waals surface area contributed by atoms with Gasteiger partial charge in [-0.05, 0) is 43.5 Å². The van der Waals surface area contributed by atoms with Crippen LogP contribution in [0.5, 0.6) is 11.5 Å². The van der Waals surface area contributed by atoms with E-state index in [-0.39, 0.29) is 31.2 Å². The van der Waals surface area contributed by atoms with Crippen LogP contribution in [0.4, 0.5) is 5.69 Å². The molecule has 0 spiro atoms. The van der Waals surface area contributed by atoms with Gasteiger partial charge in [0.15, 0.2) is 0 Å². The molecule has 1 saturated carbocycles. The highest BCUT2D eigenvalue weighted by molar-refractivity contribution is 5.96. The summed E-state index contributed by atoms with van der Waals surface area (Å²) in [6.45, 7) is 9.76. The maximum atomic E-state index is 14.4. The van der Waals surface area contributed by atoms with Crippen LogP contribution in [0.2, 0.25) is 0 Å². The lowest BCUT2D eigenvalue weighted by Crippen LogP contribution is -2.55. The first-order valence-corrected chi connectivity index (χ1v) is 16.6. The minimum absolute atomic E-state index is 0.121. The Morgan fingerprint density at radius 1 is 1.06 bits per heavy atom. The number of aliphatic carboxylic acids is 1. The Balaban J connectivity index is 1.34. The van der Waals surface area contributed by atoms with Crippen molar-refractivity contribution in [3.8, 4) is 22.8 Å². The van der Waals surface area contributed by atoms with E-state index in [1.165, 1.54) is 4.90 Å². The van der Waals surface area contributed by atoms with Crippen LogP contribution in [-0.4, -0.2) is 70.2 Å². The molecule has 2 heterocycles. The molecule has 1 aromatic heterocycles. The number of methoxy groups -OCH3 is 1. The third kappa shape index (κ3) is 6.81. The molecule has 2 fully saturated rings. The van der Waals surface area contributed by atoms with Crippen molar-refractivity contribution in [2.75, 3.05) is 19.0 Å². The zero-order valence-electron chi connectivity index (χ0n) is 28.2. The molecule has 3 N–H and O–H groups in total. The average molecular weight is 663 g/mol. The Kier molecular flexibility index (Phi) is 9.32. The lowest BCUT2D eigenvalue weighted by atomic mass is 10.0. The quantitative estimate of drug-likeness (QED) is 0.161. The fourth-order valence-corrected chi connectivity index (χ4v) is 6.55. The molecule has 10 heteroatoms. The molecule has 1 unspecified atom stereocenters. The monoisotopic (exact) mass is 662 g/mol. The van der Waals surface area contributed by atoms with Crippen LogP contribution in [0.25, 0.3) is 22.2 Å². The highest BCUT2D eigenvalue weighted by Gasteiger charge is 2.61. The Morgan fingerprint density at radius 2 is 1.80 bits per heavy atom. The number of carbonyl (C=O) groups excluding carboxylic acids is 2. The molecule has 6 rings (SSSR count). The predicted octanol–water partition coefficient (Wildman–Crippen LogP) is 5.85. The lowest BCUT2D eigenvalue weighted by molar-refractivity contribution is -0.145. The van der Waals surface area contributed by atoms with E-state index in [2.05, 4.69) is 17.2 Å². The van der Waals surface area contributed by atoms with Gasteiger partial charge < -0.3 is 30.1 Å². The van der Waals surface area contributed by atoms with Crippen LogP contribution in [0.15, 0.2) is 91.5 Å². The maximum Gasteiger partial charge on any atom is 0.330 e. The normalized spacial score (nSPS) is 22.0. The van der Waals surface area contributed by atoms with Crippen LogP contribution in [0.3, 0.4) is 0 Å². The summed E-state index contributed by atoms with van der Waals surface area (Å²) in [5.41, 5.74) is 2.72. The van der Waals surface area contributed by atoms with Crippen LogP contribution in [0.1, 0.15) is 32.3 Å². The number of pyridine rings is 1. The third-order valence-electron chi connectivity index (χ3n) is 9.52. The second kappa shape index (κ2) is 13.6. The summed E-state index contributed by atoms with van der Waals surface area (Å²) in [6, 6.07) is 23.4. The van der Waals surface area contributed by atoms with Crippen molar-refractivity contribution in [2.45, 2.75) is 57.3 Å². The van der Waals surface area contributed by atoms with Gasteiger partial charge in [0.1, 0.15) is 35.2 Å². The number of hydrogen-bond acceptors (Lipinski definition) is 7. The first kappa shape index (κ1) is 33.5. The Morgan fingerprint density at radius 3 is 2.43 bits per heavy atom. The summed E-state index contributed by atoms with van der Waals surface area (Å²) in [7, 11) is 1.60. The van der Waals surface area contributed by atoms with Crippen molar-refractivity contribution < 1.29 is 29.0 Å². The fraction of sp³-hybridized carbons (Fsp3) is 0.333. The molecule has 49 heavy (non-hydrogen) atoms. The average Bonchev–Trinajstić information content (AvgIpc) is 3.67. The van der Waals surface area contributed by atoms with E-state index in [0.717, 1.165) is 22.2 Å². The van der Waals surface area contributed by atoms with E-state index in [4.69, 9.17) is 14.5 Å². The van der Waals surface area contributed by atoms with Gasteiger partial charge in [-0.25, -0.2) is 9.78 Å². The molecule has 0 bridgehead atoms. The Labute approximate surface area is 286 Å². The first-order valence-electron chi connectivity index (χ1n) is 16.6. The summed E-state index contributed by atoms with van der Waals surface area (Å²) in [4.78, 5) is 47.1. The Bertz CT molecular complexity index is 1880. The molecule has 0 radical (unpaired) electrons. The minimum atomic E-state index is -1.44. The summed E-state index contributed by atoms with van der Waals surface area (Å²) in [5.74, 6) is -1.23.